The minimum absolute atomic E-state index is 0. The van der Waals surface area contributed by atoms with Crippen molar-refractivity contribution in [2.24, 2.45) is 0 Å². The first-order chi connectivity index (χ1) is 6.84. The van der Waals surface area contributed by atoms with Crippen LogP contribution in [0.4, 0.5) is 0 Å². The molecule has 2 aliphatic rings. The Morgan fingerprint density at radius 1 is 1.00 bits per heavy atom. The van der Waals surface area contributed by atoms with Crippen molar-refractivity contribution in [2.45, 2.75) is 0 Å². The van der Waals surface area contributed by atoms with E-state index in [9.17, 15) is 9.59 Å². The predicted octanol–water partition coefficient (Wildman–Crippen LogP) is 1.77. The molecule has 0 amide bonds. The molecular weight excluding hydrogens is 232 g/mol. The molecule has 0 spiro atoms. The number of ketones is 1. The summed E-state index contributed by atoms with van der Waals surface area (Å²) in [6.07, 6.45) is 17.0. The number of carbonyl (C=O) groups is 2. The van der Waals surface area contributed by atoms with E-state index < -0.39 is 5.78 Å². The van der Waals surface area contributed by atoms with Gasteiger partial charge in [-0.1, -0.05) is 42.5 Å². The largest absolute Gasteiger partial charge is 0.294 e. The first-order valence-corrected chi connectivity index (χ1v) is 4.22. The van der Waals surface area contributed by atoms with E-state index >= 15 is 0 Å². The zero-order valence-corrected chi connectivity index (χ0v) is 9.05. The molecule has 0 unspecified atom stereocenters. The summed E-state index contributed by atoms with van der Waals surface area (Å²) >= 11 is 0. The summed E-state index contributed by atoms with van der Waals surface area (Å²) < 4.78 is 0. The van der Waals surface area contributed by atoms with E-state index in [2.05, 4.69) is 0 Å². The van der Waals surface area contributed by atoms with Crippen molar-refractivity contribution >= 4 is 12.1 Å². The molecule has 0 aromatic rings. The Balaban J connectivity index is 0.000000280. The molecule has 15 heavy (non-hydrogen) atoms. The monoisotopic (exact) mass is 242 g/mol. The minimum Gasteiger partial charge on any atom is -0.294 e. The van der Waals surface area contributed by atoms with Crippen molar-refractivity contribution in [3.63, 3.8) is 0 Å². The summed E-state index contributed by atoms with van der Waals surface area (Å²) in [7, 11) is 0. The molecule has 0 heterocycles. The third-order valence-corrected chi connectivity index (χ3v) is 1.61. The summed E-state index contributed by atoms with van der Waals surface area (Å²) in [5, 5.41) is 0. The van der Waals surface area contributed by atoms with Gasteiger partial charge in [0, 0.05) is 35.5 Å². The van der Waals surface area contributed by atoms with Gasteiger partial charge < -0.3 is 0 Å². The summed E-state index contributed by atoms with van der Waals surface area (Å²) in [5.41, 5.74) is 0.463. The molecule has 0 bridgehead atoms. The Morgan fingerprint density at radius 2 is 1.67 bits per heavy atom. The second-order valence-electron chi connectivity index (χ2n) is 2.62. The van der Waals surface area contributed by atoms with E-state index in [-0.39, 0.29) is 17.1 Å². The Hall–Kier alpha value is -1.18. The standard InChI is InChI=1S/C7H5O2.C5H5.Fe/c8-5-7(9)6-3-1-2-4-6;1-2-4-5-3-1;/h1-5H;1-5H;. The molecule has 78 valence electrons. The van der Waals surface area contributed by atoms with Gasteiger partial charge in [0.1, 0.15) is 0 Å². The molecule has 0 N–H and O–H groups in total. The van der Waals surface area contributed by atoms with E-state index in [1.165, 1.54) is 0 Å². The van der Waals surface area contributed by atoms with E-state index in [1.807, 2.05) is 30.7 Å². The maximum atomic E-state index is 10.5. The third-order valence-electron chi connectivity index (χ3n) is 1.61. The van der Waals surface area contributed by atoms with Gasteiger partial charge in [0.25, 0.3) is 0 Å². The van der Waals surface area contributed by atoms with Gasteiger partial charge >= 0.3 is 0 Å². The van der Waals surface area contributed by atoms with E-state index in [1.54, 1.807) is 24.6 Å². The normalized spacial score (nSPS) is 15.1. The maximum Gasteiger partial charge on any atom is 0.225 e. The van der Waals surface area contributed by atoms with Crippen LogP contribution >= 0.6 is 0 Å². The molecule has 2 radical (unpaired) electrons. The zero-order chi connectivity index (χ0) is 10.2. The van der Waals surface area contributed by atoms with Crippen molar-refractivity contribution in [3.8, 4) is 0 Å². The average Bonchev–Trinajstić information content (AvgIpc) is 2.91. The van der Waals surface area contributed by atoms with Crippen LogP contribution in [0.15, 0.2) is 48.1 Å². The van der Waals surface area contributed by atoms with E-state index in [4.69, 9.17) is 0 Å². The molecule has 0 saturated heterocycles. The maximum absolute atomic E-state index is 10.5. The van der Waals surface area contributed by atoms with Crippen LogP contribution in [0, 0.1) is 12.8 Å². The molecular formula is C12H10FeO2. The number of carbonyl (C=O) groups excluding carboxylic acids is 2. The second kappa shape index (κ2) is 8.15. The molecule has 0 fully saturated rings. The average molecular weight is 242 g/mol. The van der Waals surface area contributed by atoms with Crippen molar-refractivity contribution in [1.29, 1.82) is 0 Å². The first-order valence-electron chi connectivity index (χ1n) is 4.22. The van der Waals surface area contributed by atoms with Crippen LogP contribution in [0.25, 0.3) is 0 Å². The number of Topliss-reactive ketones (excluding diaryl/α,β-unsaturated/α-hetero) is 1. The van der Waals surface area contributed by atoms with Crippen LogP contribution in [0.3, 0.4) is 0 Å². The molecule has 0 saturated carbocycles. The van der Waals surface area contributed by atoms with Crippen LogP contribution in [0.2, 0.25) is 0 Å². The quantitative estimate of drug-likeness (QED) is 0.420. The van der Waals surface area contributed by atoms with Crippen molar-refractivity contribution in [2.75, 3.05) is 0 Å². The summed E-state index contributed by atoms with van der Waals surface area (Å²) in [5.74, 6) is -0.458. The number of rotatable bonds is 2. The van der Waals surface area contributed by atoms with Crippen molar-refractivity contribution in [1.82, 2.24) is 0 Å². The molecule has 2 nitrogen and oxygen atoms in total. The predicted molar refractivity (Wildman–Crippen MR) is 55.2 cm³/mol. The van der Waals surface area contributed by atoms with Gasteiger partial charge in [-0.3, -0.25) is 9.59 Å². The van der Waals surface area contributed by atoms with Crippen molar-refractivity contribution < 1.29 is 26.7 Å². The van der Waals surface area contributed by atoms with Gasteiger partial charge in [-0.2, -0.15) is 0 Å². The van der Waals surface area contributed by atoms with Gasteiger partial charge in [0.05, 0.1) is 0 Å². The zero-order valence-electron chi connectivity index (χ0n) is 7.94. The third kappa shape index (κ3) is 5.30. The van der Waals surface area contributed by atoms with Gasteiger partial charge in [0.15, 0.2) is 6.29 Å². The van der Waals surface area contributed by atoms with Crippen molar-refractivity contribution in [3.05, 3.63) is 60.9 Å². The summed E-state index contributed by atoms with van der Waals surface area (Å²) in [6, 6.07) is 0. The fourth-order valence-electron chi connectivity index (χ4n) is 0.927. The molecule has 0 aromatic carbocycles. The topological polar surface area (TPSA) is 34.1 Å². The van der Waals surface area contributed by atoms with Gasteiger partial charge in [-0.05, 0) is 0 Å². The second-order valence-corrected chi connectivity index (χ2v) is 2.62. The number of hydrogen-bond donors (Lipinski definition) is 0. The minimum atomic E-state index is -0.458. The smallest absolute Gasteiger partial charge is 0.225 e. The van der Waals surface area contributed by atoms with Crippen LogP contribution in [0.5, 0.6) is 0 Å². The molecule has 2 rings (SSSR count). The van der Waals surface area contributed by atoms with Crippen LogP contribution < -0.4 is 0 Å². The number of hydrogen-bond acceptors (Lipinski definition) is 2. The Kier molecular flexibility index (Phi) is 7.51. The van der Waals surface area contributed by atoms with Crippen LogP contribution in [-0.2, 0) is 26.7 Å². The molecule has 0 aliphatic heterocycles. The SMILES string of the molecule is O=CC(=O)C1=C[CH]C=C1.[CH]1C=CC=C1.[Fe]. The van der Waals surface area contributed by atoms with Crippen LogP contribution in [-0.4, -0.2) is 12.1 Å². The Labute approximate surface area is 99.9 Å². The number of allylic oxidation sites excluding steroid dienone is 8. The molecule has 0 atom stereocenters. The molecule has 2 aliphatic carbocycles. The Morgan fingerprint density at radius 3 is 2.00 bits per heavy atom. The van der Waals surface area contributed by atoms with Gasteiger partial charge in [-0.25, -0.2) is 0 Å². The first kappa shape index (κ1) is 13.8. The molecule has 3 heteroatoms. The fraction of sp³-hybridized carbons (Fsp3) is 0. The summed E-state index contributed by atoms with van der Waals surface area (Å²) in [4.78, 5) is 20.4. The van der Waals surface area contributed by atoms with Crippen LogP contribution in [0.1, 0.15) is 0 Å². The fourth-order valence-corrected chi connectivity index (χ4v) is 0.927. The van der Waals surface area contributed by atoms with Gasteiger partial charge in [0.2, 0.25) is 5.78 Å². The number of aldehydes is 1. The van der Waals surface area contributed by atoms with E-state index in [0.29, 0.717) is 11.9 Å². The van der Waals surface area contributed by atoms with E-state index in [0.717, 1.165) is 0 Å². The summed E-state index contributed by atoms with van der Waals surface area (Å²) in [6.45, 7) is 0. The molecule has 0 aromatic heterocycles. The Bertz CT molecular complexity index is 326. The van der Waals surface area contributed by atoms with Gasteiger partial charge in [-0.15, -0.1) is 0 Å².